The highest BCUT2D eigenvalue weighted by atomic mass is 16.3. The molecule has 0 bridgehead atoms. The molecular weight excluding hydrogens is 250 g/mol. The first-order chi connectivity index (χ1) is 9.71. The van der Waals surface area contributed by atoms with Crippen LogP contribution in [0.3, 0.4) is 0 Å². The molecule has 0 radical (unpaired) electrons. The monoisotopic (exact) mass is 265 g/mol. The van der Waals surface area contributed by atoms with Crippen LogP contribution >= 0.6 is 0 Å². The van der Waals surface area contributed by atoms with Gasteiger partial charge in [0.2, 0.25) is 5.91 Å². The summed E-state index contributed by atoms with van der Waals surface area (Å²) in [5.74, 6) is 0.397. The van der Waals surface area contributed by atoms with E-state index in [0.717, 1.165) is 29.7 Å². The van der Waals surface area contributed by atoms with E-state index in [1.54, 1.807) is 12.1 Å². The average Bonchev–Trinajstić information content (AvgIpc) is 3.23. The summed E-state index contributed by atoms with van der Waals surface area (Å²) in [6.45, 7) is 0.567. The molecule has 1 fully saturated rings. The number of anilines is 1. The topological polar surface area (TPSA) is 40.5 Å². The third kappa shape index (κ3) is 1.49. The van der Waals surface area contributed by atoms with Gasteiger partial charge in [0.25, 0.3) is 0 Å². The van der Waals surface area contributed by atoms with Crippen molar-refractivity contribution in [3.63, 3.8) is 0 Å². The SMILES string of the molecule is O=C1N(Cc2ccccc2)c2cc(O)ccc2C12CC2. The summed E-state index contributed by atoms with van der Waals surface area (Å²) in [6, 6.07) is 15.3. The summed E-state index contributed by atoms with van der Waals surface area (Å²) in [5, 5.41) is 9.72. The molecule has 1 heterocycles. The number of phenolic OH excluding ortho intramolecular Hbond substituents is 1. The van der Waals surface area contributed by atoms with E-state index in [9.17, 15) is 9.90 Å². The number of amides is 1. The summed E-state index contributed by atoms with van der Waals surface area (Å²) < 4.78 is 0. The predicted molar refractivity (Wildman–Crippen MR) is 76.7 cm³/mol. The zero-order chi connectivity index (χ0) is 13.7. The molecule has 20 heavy (non-hydrogen) atoms. The van der Waals surface area contributed by atoms with Crippen molar-refractivity contribution in [2.24, 2.45) is 0 Å². The number of carbonyl (C=O) groups is 1. The molecule has 1 saturated carbocycles. The van der Waals surface area contributed by atoms with E-state index in [-0.39, 0.29) is 17.1 Å². The molecular formula is C17H15NO2. The molecule has 1 N–H and O–H groups in total. The van der Waals surface area contributed by atoms with Gasteiger partial charge in [0.05, 0.1) is 17.6 Å². The molecule has 3 nitrogen and oxygen atoms in total. The Morgan fingerprint density at radius 1 is 1.10 bits per heavy atom. The van der Waals surface area contributed by atoms with Gasteiger partial charge in [0.1, 0.15) is 5.75 Å². The summed E-state index contributed by atoms with van der Waals surface area (Å²) in [4.78, 5) is 14.5. The summed E-state index contributed by atoms with van der Waals surface area (Å²) in [7, 11) is 0. The van der Waals surface area contributed by atoms with E-state index in [1.807, 2.05) is 41.3 Å². The van der Waals surface area contributed by atoms with E-state index in [4.69, 9.17) is 0 Å². The number of hydrogen-bond donors (Lipinski definition) is 1. The largest absolute Gasteiger partial charge is 0.508 e. The van der Waals surface area contributed by atoms with Gasteiger partial charge in [-0.25, -0.2) is 0 Å². The first kappa shape index (κ1) is 11.5. The van der Waals surface area contributed by atoms with Gasteiger partial charge in [-0.3, -0.25) is 4.79 Å². The van der Waals surface area contributed by atoms with Gasteiger partial charge >= 0.3 is 0 Å². The van der Waals surface area contributed by atoms with Crippen molar-refractivity contribution in [3.05, 3.63) is 59.7 Å². The first-order valence-electron chi connectivity index (χ1n) is 6.90. The lowest BCUT2D eigenvalue weighted by Gasteiger charge is -2.18. The normalized spacial score (nSPS) is 18.4. The quantitative estimate of drug-likeness (QED) is 0.907. The van der Waals surface area contributed by atoms with Crippen LogP contribution in [0.1, 0.15) is 24.0 Å². The molecule has 1 spiro atoms. The minimum Gasteiger partial charge on any atom is -0.508 e. The Balaban J connectivity index is 1.78. The van der Waals surface area contributed by atoms with Crippen molar-refractivity contribution < 1.29 is 9.90 Å². The van der Waals surface area contributed by atoms with Crippen molar-refractivity contribution in [2.75, 3.05) is 4.90 Å². The highest BCUT2D eigenvalue weighted by Gasteiger charge is 2.59. The van der Waals surface area contributed by atoms with E-state index < -0.39 is 0 Å². The standard InChI is InChI=1S/C17H15NO2/c19-13-6-7-14-15(10-13)18(16(20)17(14)8-9-17)11-12-4-2-1-3-5-12/h1-7,10,19H,8-9,11H2. The van der Waals surface area contributed by atoms with E-state index >= 15 is 0 Å². The molecule has 100 valence electrons. The van der Waals surface area contributed by atoms with Crippen molar-refractivity contribution >= 4 is 11.6 Å². The van der Waals surface area contributed by atoms with Crippen LogP contribution in [0.5, 0.6) is 5.75 Å². The van der Waals surface area contributed by atoms with Crippen molar-refractivity contribution in [3.8, 4) is 5.75 Å². The van der Waals surface area contributed by atoms with E-state index in [0.29, 0.717) is 6.54 Å². The molecule has 4 rings (SSSR count). The lowest BCUT2D eigenvalue weighted by molar-refractivity contribution is -0.120. The molecule has 3 heteroatoms. The number of carbonyl (C=O) groups excluding carboxylic acids is 1. The first-order valence-corrected chi connectivity index (χ1v) is 6.90. The van der Waals surface area contributed by atoms with Crippen LogP contribution in [0, 0.1) is 0 Å². The summed E-state index contributed by atoms with van der Waals surface area (Å²) in [6.07, 6.45) is 1.85. The van der Waals surface area contributed by atoms with E-state index in [1.165, 1.54) is 0 Å². The molecule has 2 aliphatic rings. The van der Waals surface area contributed by atoms with Gasteiger partial charge in [-0.15, -0.1) is 0 Å². The Morgan fingerprint density at radius 3 is 2.55 bits per heavy atom. The second kappa shape index (κ2) is 3.85. The maximum Gasteiger partial charge on any atom is 0.238 e. The number of phenols is 1. The number of rotatable bonds is 2. The highest BCUT2D eigenvalue weighted by molar-refractivity contribution is 6.10. The Bertz CT molecular complexity index is 689. The number of nitrogens with zero attached hydrogens (tertiary/aromatic N) is 1. The van der Waals surface area contributed by atoms with Crippen LogP contribution in [0.15, 0.2) is 48.5 Å². The molecule has 1 amide bonds. The number of aromatic hydroxyl groups is 1. The minimum atomic E-state index is -0.294. The summed E-state index contributed by atoms with van der Waals surface area (Å²) >= 11 is 0. The molecule has 1 aliphatic heterocycles. The third-order valence-electron chi connectivity index (χ3n) is 4.38. The zero-order valence-electron chi connectivity index (χ0n) is 11.0. The Hall–Kier alpha value is -2.29. The van der Waals surface area contributed by atoms with Gasteiger partial charge in [-0.1, -0.05) is 36.4 Å². The van der Waals surface area contributed by atoms with Crippen LogP contribution in [-0.2, 0) is 16.8 Å². The molecule has 1 aliphatic carbocycles. The van der Waals surface area contributed by atoms with E-state index in [2.05, 4.69) is 0 Å². The predicted octanol–water partition coefficient (Wildman–Crippen LogP) is 2.97. The number of hydrogen-bond acceptors (Lipinski definition) is 2. The molecule has 0 atom stereocenters. The van der Waals surface area contributed by atoms with Gasteiger partial charge in [-0.2, -0.15) is 0 Å². The Labute approximate surface area is 117 Å². The van der Waals surface area contributed by atoms with Gasteiger partial charge in [0.15, 0.2) is 0 Å². The average molecular weight is 265 g/mol. The van der Waals surface area contributed by atoms with Crippen LogP contribution in [-0.4, -0.2) is 11.0 Å². The van der Waals surface area contributed by atoms with Crippen LogP contribution in [0.25, 0.3) is 0 Å². The fourth-order valence-electron chi connectivity index (χ4n) is 3.16. The fraction of sp³-hybridized carbons (Fsp3) is 0.235. The molecule has 0 unspecified atom stereocenters. The molecule has 0 aromatic heterocycles. The summed E-state index contributed by atoms with van der Waals surface area (Å²) in [5.41, 5.74) is 2.76. The lowest BCUT2D eigenvalue weighted by atomic mass is 9.98. The third-order valence-corrected chi connectivity index (χ3v) is 4.38. The molecule has 2 aromatic carbocycles. The molecule has 2 aromatic rings. The maximum absolute atomic E-state index is 12.7. The second-order valence-corrected chi connectivity index (χ2v) is 5.66. The Morgan fingerprint density at radius 2 is 1.85 bits per heavy atom. The smallest absolute Gasteiger partial charge is 0.238 e. The number of fused-ring (bicyclic) bond motifs is 2. The fourth-order valence-corrected chi connectivity index (χ4v) is 3.16. The maximum atomic E-state index is 12.7. The van der Waals surface area contributed by atoms with Crippen molar-refractivity contribution in [1.82, 2.24) is 0 Å². The van der Waals surface area contributed by atoms with Crippen LogP contribution in [0.2, 0.25) is 0 Å². The lowest BCUT2D eigenvalue weighted by Crippen LogP contribution is -2.31. The van der Waals surface area contributed by atoms with Gasteiger partial charge < -0.3 is 10.0 Å². The second-order valence-electron chi connectivity index (χ2n) is 5.66. The van der Waals surface area contributed by atoms with Gasteiger partial charge in [-0.05, 0) is 30.0 Å². The van der Waals surface area contributed by atoms with Crippen LogP contribution in [0.4, 0.5) is 5.69 Å². The van der Waals surface area contributed by atoms with Crippen LogP contribution < -0.4 is 4.90 Å². The molecule has 0 saturated heterocycles. The highest BCUT2D eigenvalue weighted by Crippen LogP contribution is 2.58. The zero-order valence-corrected chi connectivity index (χ0v) is 11.0. The number of benzene rings is 2. The van der Waals surface area contributed by atoms with Crippen molar-refractivity contribution in [2.45, 2.75) is 24.8 Å². The minimum absolute atomic E-state index is 0.182. The van der Waals surface area contributed by atoms with Crippen molar-refractivity contribution in [1.29, 1.82) is 0 Å². The van der Waals surface area contributed by atoms with Gasteiger partial charge in [0, 0.05) is 6.07 Å². The Kier molecular flexibility index (Phi) is 2.22.